The van der Waals surface area contributed by atoms with E-state index in [0.29, 0.717) is 13.1 Å². The molecule has 0 heterocycles. The Morgan fingerprint density at radius 1 is 1.04 bits per heavy atom. The molecule has 0 unspecified atom stereocenters. The van der Waals surface area contributed by atoms with Crippen LogP contribution >= 0.6 is 0 Å². The van der Waals surface area contributed by atoms with E-state index in [0.717, 1.165) is 16.9 Å². The van der Waals surface area contributed by atoms with Crippen LogP contribution in [0.5, 0.6) is 5.75 Å². The fourth-order valence-corrected chi connectivity index (χ4v) is 2.52. The van der Waals surface area contributed by atoms with E-state index >= 15 is 0 Å². The van der Waals surface area contributed by atoms with Crippen LogP contribution in [-0.4, -0.2) is 29.9 Å². The van der Waals surface area contributed by atoms with Gasteiger partial charge >= 0.3 is 0 Å². The summed E-state index contributed by atoms with van der Waals surface area (Å²) in [6, 6.07) is 16.6. The van der Waals surface area contributed by atoms with Crippen LogP contribution in [0.15, 0.2) is 54.6 Å². The lowest BCUT2D eigenvalue weighted by Gasteiger charge is -2.27. The Morgan fingerprint density at radius 2 is 1.68 bits per heavy atom. The normalized spacial score (nSPS) is 11.5. The molecular weight excluding hydrogens is 316 g/mol. The first-order chi connectivity index (χ1) is 12.0. The van der Waals surface area contributed by atoms with Crippen LogP contribution in [0.3, 0.4) is 0 Å². The van der Waals surface area contributed by atoms with Crippen molar-refractivity contribution in [2.24, 2.45) is 0 Å². The van der Waals surface area contributed by atoms with Crippen molar-refractivity contribution >= 4 is 11.8 Å². The SMILES string of the molecule is COc1ccc(CNC(=O)[C@@H](C)N(Cc2ccccc2)C(C)=O)cc1. The number of carbonyl (C=O) groups excluding carboxylic acids is 2. The van der Waals surface area contributed by atoms with E-state index in [1.165, 1.54) is 6.92 Å². The largest absolute Gasteiger partial charge is 0.497 e. The van der Waals surface area contributed by atoms with Crippen LogP contribution in [0.2, 0.25) is 0 Å². The smallest absolute Gasteiger partial charge is 0.242 e. The number of benzene rings is 2. The second-order valence-corrected chi connectivity index (χ2v) is 5.87. The molecule has 0 radical (unpaired) electrons. The van der Waals surface area contributed by atoms with Gasteiger partial charge in [0.1, 0.15) is 11.8 Å². The van der Waals surface area contributed by atoms with Crippen LogP contribution in [0.25, 0.3) is 0 Å². The van der Waals surface area contributed by atoms with Crippen molar-refractivity contribution in [2.45, 2.75) is 33.0 Å². The maximum atomic E-state index is 12.4. The van der Waals surface area contributed by atoms with E-state index < -0.39 is 6.04 Å². The number of rotatable bonds is 7. The number of hydrogen-bond donors (Lipinski definition) is 1. The number of hydrogen-bond acceptors (Lipinski definition) is 3. The summed E-state index contributed by atoms with van der Waals surface area (Å²) in [6.07, 6.45) is 0. The highest BCUT2D eigenvalue weighted by molar-refractivity contribution is 5.86. The highest BCUT2D eigenvalue weighted by Crippen LogP contribution is 2.12. The number of nitrogens with one attached hydrogen (secondary N) is 1. The topological polar surface area (TPSA) is 58.6 Å². The zero-order valence-electron chi connectivity index (χ0n) is 14.9. The van der Waals surface area contributed by atoms with Crippen molar-refractivity contribution in [2.75, 3.05) is 7.11 Å². The number of amides is 2. The van der Waals surface area contributed by atoms with E-state index in [2.05, 4.69) is 5.32 Å². The van der Waals surface area contributed by atoms with E-state index in [9.17, 15) is 9.59 Å². The summed E-state index contributed by atoms with van der Waals surface area (Å²) in [5.74, 6) is 0.465. The van der Waals surface area contributed by atoms with Gasteiger partial charge in [-0.05, 0) is 30.2 Å². The molecule has 25 heavy (non-hydrogen) atoms. The van der Waals surface area contributed by atoms with E-state index in [-0.39, 0.29) is 11.8 Å². The number of methoxy groups -OCH3 is 1. The first-order valence-corrected chi connectivity index (χ1v) is 8.23. The summed E-state index contributed by atoms with van der Waals surface area (Å²) in [6.45, 7) is 4.04. The average molecular weight is 340 g/mol. The molecule has 5 nitrogen and oxygen atoms in total. The number of ether oxygens (including phenoxy) is 1. The molecule has 0 aliphatic heterocycles. The van der Waals surface area contributed by atoms with Gasteiger partial charge in [-0.25, -0.2) is 0 Å². The molecule has 2 aromatic carbocycles. The molecule has 5 heteroatoms. The molecule has 0 aromatic heterocycles. The standard InChI is InChI=1S/C20H24N2O3/c1-15(22(16(2)23)14-18-7-5-4-6-8-18)20(24)21-13-17-9-11-19(25-3)12-10-17/h4-12,15H,13-14H2,1-3H3,(H,21,24)/t15-/m1/s1. The third-order valence-electron chi connectivity index (χ3n) is 4.07. The second kappa shape index (κ2) is 8.87. The molecular formula is C20H24N2O3. The Balaban J connectivity index is 1.96. The Kier molecular flexibility index (Phi) is 6.57. The van der Waals surface area contributed by atoms with Gasteiger partial charge in [0.2, 0.25) is 11.8 Å². The molecule has 132 valence electrons. The predicted octanol–water partition coefficient (Wildman–Crippen LogP) is 2.75. The Morgan fingerprint density at radius 3 is 2.24 bits per heavy atom. The summed E-state index contributed by atoms with van der Waals surface area (Å²) in [5.41, 5.74) is 1.96. The van der Waals surface area contributed by atoms with E-state index in [1.807, 2.05) is 54.6 Å². The molecule has 0 saturated carbocycles. The van der Waals surface area contributed by atoms with Crippen molar-refractivity contribution < 1.29 is 14.3 Å². The minimum atomic E-state index is -0.545. The van der Waals surface area contributed by atoms with Gasteiger partial charge in [-0.2, -0.15) is 0 Å². The Hall–Kier alpha value is -2.82. The monoisotopic (exact) mass is 340 g/mol. The highest BCUT2D eigenvalue weighted by atomic mass is 16.5. The van der Waals surface area contributed by atoms with Gasteiger partial charge in [0, 0.05) is 20.0 Å². The molecule has 2 amide bonds. The van der Waals surface area contributed by atoms with Gasteiger partial charge in [-0.15, -0.1) is 0 Å². The van der Waals surface area contributed by atoms with Crippen molar-refractivity contribution in [1.29, 1.82) is 0 Å². The molecule has 0 saturated heterocycles. The second-order valence-electron chi connectivity index (χ2n) is 5.87. The molecule has 1 N–H and O–H groups in total. The van der Waals surface area contributed by atoms with Gasteiger partial charge in [0.25, 0.3) is 0 Å². The van der Waals surface area contributed by atoms with Gasteiger partial charge in [0.15, 0.2) is 0 Å². The maximum absolute atomic E-state index is 12.4. The predicted molar refractivity (Wildman–Crippen MR) is 97.0 cm³/mol. The van der Waals surface area contributed by atoms with Gasteiger partial charge in [-0.1, -0.05) is 42.5 Å². The Labute approximate surface area is 148 Å². The zero-order valence-corrected chi connectivity index (χ0v) is 14.9. The maximum Gasteiger partial charge on any atom is 0.242 e. The third-order valence-corrected chi connectivity index (χ3v) is 4.07. The number of carbonyl (C=O) groups is 2. The minimum Gasteiger partial charge on any atom is -0.497 e. The first kappa shape index (κ1) is 18.5. The van der Waals surface area contributed by atoms with E-state index in [1.54, 1.807) is 18.9 Å². The van der Waals surface area contributed by atoms with Crippen LogP contribution in [0.4, 0.5) is 0 Å². The molecule has 1 atom stereocenters. The average Bonchev–Trinajstić information content (AvgIpc) is 2.64. The molecule has 0 spiro atoms. The summed E-state index contributed by atoms with van der Waals surface area (Å²) >= 11 is 0. The van der Waals surface area contributed by atoms with Crippen LogP contribution in [0, 0.1) is 0 Å². The van der Waals surface area contributed by atoms with Crippen LogP contribution in [0.1, 0.15) is 25.0 Å². The summed E-state index contributed by atoms with van der Waals surface area (Å²) in [4.78, 5) is 26.0. The van der Waals surface area contributed by atoms with Gasteiger partial charge in [-0.3, -0.25) is 9.59 Å². The molecule has 2 rings (SSSR count). The molecule has 0 aliphatic carbocycles. The minimum absolute atomic E-state index is 0.129. The summed E-state index contributed by atoms with van der Waals surface area (Å²) < 4.78 is 5.12. The lowest BCUT2D eigenvalue weighted by atomic mass is 10.1. The van der Waals surface area contributed by atoms with Crippen molar-refractivity contribution in [1.82, 2.24) is 10.2 Å². The molecule has 0 aliphatic rings. The molecule has 0 bridgehead atoms. The quantitative estimate of drug-likeness (QED) is 0.843. The summed E-state index contributed by atoms with van der Waals surface area (Å²) in [5, 5.41) is 2.88. The lowest BCUT2D eigenvalue weighted by Crippen LogP contribution is -2.46. The molecule has 0 fully saturated rings. The van der Waals surface area contributed by atoms with Crippen LogP contribution in [-0.2, 0) is 22.7 Å². The zero-order chi connectivity index (χ0) is 18.2. The van der Waals surface area contributed by atoms with E-state index in [4.69, 9.17) is 4.74 Å². The Bertz CT molecular complexity index is 699. The molecule has 2 aromatic rings. The van der Waals surface area contributed by atoms with Crippen molar-refractivity contribution in [3.63, 3.8) is 0 Å². The summed E-state index contributed by atoms with van der Waals surface area (Å²) in [7, 11) is 1.61. The number of nitrogens with zero attached hydrogens (tertiary/aromatic N) is 1. The van der Waals surface area contributed by atoms with Crippen molar-refractivity contribution in [3.8, 4) is 5.75 Å². The van der Waals surface area contributed by atoms with Gasteiger partial charge < -0.3 is 15.0 Å². The fourth-order valence-electron chi connectivity index (χ4n) is 2.52. The lowest BCUT2D eigenvalue weighted by molar-refractivity contribution is -0.139. The third kappa shape index (κ3) is 5.35. The first-order valence-electron chi connectivity index (χ1n) is 8.23. The fraction of sp³-hybridized carbons (Fsp3) is 0.300. The van der Waals surface area contributed by atoms with Gasteiger partial charge in [0.05, 0.1) is 7.11 Å². The van der Waals surface area contributed by atoms with Crippen molar-refractivity contribution in [3.05, 3.63) is 65.7 Å². The van der Waals surface area contributed by atoms with Crippen LogP contribution < -0.4 is 10.1 Å². The highest BCUT2D eigenvalue weighted by Gasteiger charge is 2.23.